The van der Waals surface area contributed by atoms with Gasteiger partial charge in [0.15, 0.2) is 0 Å². The van der Waals surface area contributed by atoms with E-state index in [2.05, 4.69) is 33.1 Å². The monoisotopic (exact) mass is 487 g/mol. The molecular weight excluding hydrogens is 454 g/mol. The number of amides is 2. The fourth-order valence-corrected chi connectivity index (χ4v) is 5.08. The summed E-state index contributed by atoms with van der Waals surface area (Å²) in [5.41, 5.74) is 8.93. The van der Waals surface area contributed by atoms with E-state index in [0.717, 1.165) is 63.3 Å². The van der Waals surface area contributed by atoms with Gasteiger partial charge in [0.05, 0.1) is 5.69 Å². The number of hydrogen-bond donors (Lipinski definition) is 4. The van der Waals surface area contributed by atoms with E-state index in [1.807, 2.05) is 6.07 Å². The highest BCUT2D eigenvalue weighted by Crippen LogP contribution is 2.27. The molecule has 5 N–H and O–H groups in total. The van der Waals surface area contributed by atoms with Crippen molar-refractivity contribution in [1.29, 1.82) is 0 Å². The van der Waals surface area contributed by atoms with Gasteiger partial charge in [0.25, 0.3) is 0 Å². The molecule has 2 fully saturated rings. The van der Waals surface area contributed by atoms with Crippen LogP contribution < -0.4 is 27.4 Å². The van der Waals surface area contributed by atoms with Gasteiger partial charge in [0, 0.05) is 44.5 Å². The van der Waals surface area contributed by atoms with Crippen LogP contribution in [0, 0.1) is 5.92 Å². The van der Waals surface area contributed by atoms with Gasteiger partial charge in [0.1, 0.15) is 5.82 Å². The number of aromatic nitrogens is 2. The minimum absolute atomic E-state index is 0. The molecule has 10 heteroatoms. The molecule has 2 aromatic rings. The van der Waals surface area contributed by atoms with Gasteiger partial charge in [-0.1, -0.05) is 6.07 Å². The number of urea groups is 1. The van der Waals surface area contributed by atoms with E-state index in [9.17, 15) is 9.59 Å². The molecule has 2 aliphatic carbocycles. The lowest BCUT2D eigenvalue weighted by molar-refractivity contribution is 0.204. The van der Waals surface area contributed by atoms with Crippen molar-refractivity contribution in [3.05, 3.63) is 52.1 Å². The fourth-order valence-electron chi connectivity index (χ4n) is 5.08. The number of halogens is 1. The highest BCUT2D eigenvalue weighted by atomic mass is 35.5. The van der Waals surface area contributed by atoms with Crippen molar-refractivity contribution in [2.45, 2.75) is 44.2 Å². The zero-order valence-electron chi connectivity index (χ0n) is 19.3. The minimum atomic E-state index is -0.401. The zero-order valence-corrected chi connectivity index (χ0v) is 20.2. The zero-order chi connectivity index (χ0) is 22.8. The van der Waals surface area contributed by atoms with Gasteiger partial charge in [-0.05, 0) is 73.9 Å². The summed E-state index contributed by atoms with van der Waals surface area (Å²) >= 11 is 0. The van der Waals surface area contributed by atoms with Crippen molar-refractivity contribution in [2.24, 2.45) is 11.7 Å². The number of piperazine rings is 1. The molecule has 2 amide bonds. The third kappa shape index (κ3) is 5.60. The second-order valence-electron chi connectivity index (χ2n) is 9.53. The number of nitrogens with one attached hydrogen (secondary N) is 3. The Hall–Kier alpha value is -2.46. The van der Waals surface area contributed by atoms with Gasteiger partial charge in [-0.25, -0.2) is 9.59 Å². The lowest BCUT2D eigenvalue weighted by Gasteiger charge is -2.35. The second kappa shape index (κ2) is 10.9. The predicted octanol–water partition coefficient (Wildman–Crippen LogP) is 1.28. The lowest BCUT2D eigenvalue weighted by atomic mass is 9.80. The summed E-state index contributed by atoms with van der Waals surface area (Å²) in [6.07, 6.45) is 7.06. The molecular formula is C24H34ClN7O2. The highest BCUT2D eigenvalue weighted by molar-refractivity contribution is 5.88. The van der Waals surface area contributed by atoms with Crippen LogP contribution in [0.2, 0.25) is 0 Å². The molecule has 3 aliphatic rings. The van der Waals surface area contributed by atoms with Crippen molar-refractivity contribution >= 4 is 24.3 Å². The standard InChI is InChI=1S/C24H33N7O2.ClH/c25-19-11-16(12-19)15-27-20-3-1-18-14-21(4-2-17(18)13-20)31-8-5-22(29-24(31)33)28-23(32)30-9-6-26-7-10-30;/h2,4-5,8,14,16,19-20,26-27H,1,3,6-7,9-13,15,25H2,(H,28,29,32,33);1H. The van der Waals surface area contributed by atoms with E-state index in [1.165, 1.54) is 15.7 Å². The van der Waals surface area contributed by atoms with Crippen LogP contribution in [0.15, 0.2) is 35.3 Å². The topological polar surface area (TPSA) is 117 Å². The second-order valence-corrected chi connectivity index (χ2v) is 9.53. The predicted molar refractivity (Wildman–Crippen MR) is 135 cm³/mol. The molecule has 1 saturated carbocycles. The average Bonchev–Trinajstić information content (AvgIpc) is 2.81. The number of rotatable bonds is 5. The van der Waals surface area contributed by atoms with E-state index >= 15 is 0 Å². The SMILES string of the molecule is Cl.NC1CC(CNC2CCc3cc(-n4ccc(NC(=O)N5CCNCC5)nc4=O)ccc3C2)C1. The molecule has 0 spiro atoms. The molecule has 1 unspecified atom stereocenters. The maximum atomic E-state index is 12.7. The summed E-state index contributed by atoms with van der Waals surface area (Å²) in [7, 11) is 0. The van der Waals surface area contributed by atoms with E-state index in [1.54, 1.807) is 17.2 Å². The number of aryl methyl sites for hydroxylation is 1. The lowest BCUT2D eigenvalue weighted by Crippen LogP contribution is -2.48. The number of nitrogens with zero attached hydrogens (tertiary/aromatic N) is 3. The van der Waals surface area contributed by atoms with Crippen LogP contribution in [0.5, 0.6) is 0 Å². The molecule has 9 nitrogen and oxygen atoms in total. The fraction of sp³-hybridized carbons (Fsp3) is 0.542. The Morgan fingerprint density at radius 3 is 2.71 bits per heavy atom. The van der Waals surface area contributed by atoms with E-state index in [-0.39, 0.29) is 24.3 Å². The van der Waals surface area contributed by atoms with Crippen LogP contribution in [0.4, 0.5) is 10.6 Å². The number of fused-ring (bicyclic) bond motifs is 1. The summed E-state index contributed by atoms with van der Waals surface area (Å²) in [6, 6.07) is 8.56. The van der Waals surface area contributed by atoms with Gasteiger partial charge >= 0.3 is 11.7 Å². The highest BCUT2D eigenvalue weighted by Gasteiger charge is 2.27. The maximum absolute atomic E-state index is 12.7. The van der Waals surface area contributed by atoms with E-state index < -0.39 is 5.69 Å². The number of nitrogens with two attached hydrogens (primary N) is 1. The number of carbonyl (C=O) groups is 1. The van der Waals surface area contributed by atoms with Gasteiger partial charge in [0.2, 0.25) is 0 Å². The molecule has 5 rings (SSSR count). The van der Waals surface area contributed by atoms with Crippen LogP contribution in [-0.2, 0) is 12.8 Å². The minimum Gasteiger partial charge on any atom is -0.328 e. The first-order valence-electron chi connectivity index (χ1n) is 12.0. The maximum Gasteiger partial charge on any atom is 0.354 e. The van der Waals surface area contributed by atoms with Crippen molar-refractivity contribution in [3.63, 3.8) is 0 Å². The molecule has 0 bridgehead atoms. The first kappa shape index (κ1) is 24.7. The van der Waals surface area contributed by atoms with Crippen LogP contribution in [-0.4, -0.2) is 65.3 Å². The number of carbonyl (C=O) groups excluding carboxylic acids is 1. The van der Waals surface area contributed by atoms with Crippen molar-refractivity contribution < 1.29 is 4.79 Å². The van der Waals surface area contributed by atoms with Gasteiger partial charge < -0.3 is 21.3 Å². The molecule has 184 valence electrons. The molecule has 34 heavy (non-hydrogen) atoms. The Morgan fingerprint density at radius 2 is 1.97 bits per heavy atom. The Bertz CT molecular complexity index is 1060. The van der Waals surface area contributed by atoms with E-state index in [0.29, 0.717) is 25.2 Å². The third-order valence-corrected chi connectivity index (χ3v) is 7.11. The molecule has 1 saturated heterocycles. The van der Waals surface area contributed by atoms with Gasteiger partial charge in [-0.15, -0.1) is 12.4 Å². The van der Waals surface area contributed by atoms with Crippen LogP contribution in [0.1, 0.15) is 30.4 Å². The molecule has 1 aromatic heterocycles. The summed E-state index contributed by atoms with van der Waals surface area (Å²) in [5.74, 6) is 1.01. The summed E-state index contributed by atoms with van der Waals surface area (Å²) < 4.78 is 1.53. The van der Waals surface area contributed by atoms with Gasteiger partial charge in [-0.3, -0.25) is 9.88 Å². The Labute approximate surface area is 205 Å². The quantitative estimate of drug-likeness (QED) is 0.504. The number of hydrogen-bond acceptors (Lipinski definition) is 6. The van der Waals surface area contributed by atoms with Crippen molar-refractivity contribution in [2.75, 3.05) is 38.0 Å². The Balaban J connectivity index is 0.00000274. The molecule has 1 atom stereocenters. The summed E-state index contributed by atoms with van der Waals surface area (Å²) in [6.45, 7) is 3.89. The molecule has 2 heterocycles. The van der Waals surface area contributed by atoms with Crippen LogP contribution in [0.3, 0.4) is 0 Å². The Morgan fingerprint density at radius 1 is 1.18 bits per heavy atom. The molecule has 1 aromatic carbocycles. The third-order valence-electron chi connectivity index (χ3n) is 7.11. The summed E-state index contributed by atoms with van der Waals surface area (Å²) in [5, 5.41) is 9.67. The van der Waals surface area contributed by atoms with Crippen LogP contribution in [0.25, 0.3) is 5.69 Å². The van der Waals surface area contributed by atoms with Crippen LogP contribution >= 0.6 is 12.4 Å². The smallest absolute Gasteiger partial charge is 0.328 e. The average molecular weight is 488 g/mol. The largest absolute Gasteiger partial charge is 0.354 e. The van der Waals surface area contributed by atoms with Crippen molar-refractivity contribution in [1.82, 2.24) is 25.1 Å². The van der Waals surface area contributed by atoms with E-state index in [4.69, 9.17) is 5.73 Å². The van der Waals surface area contributed by atoms with Crippen molar-refractivity contribution in [3.8, 4) is 5.69 Å². The van der Waals surface area contributed by atoms with Gasteiger partial charge in [-0.2, -0.15) is 4.98 Å². The first-order chi connectivity index (χ1) is 16.0. The first-order valence-corrected chi connectivity index (χ1v) is 12.0. The normalized spacial score (nSPS) is 23.9. The number of anilines is 1. The summed E-state index contributed by atoms with van der Waals surface area (Å²) in [4.78, 5) is 30.9. The molecule has 1 aliphatic heterocycles. The number of benzene rings is 1. The Kier molecular flexibility index (Phi) is 7.88. The molecule has 0 radical (unpaired) electrons.